The zero-order chi connectivity index (χ0) is 16.2. The van der Waals surface area contributed by atoms with E-state index in [1.165, 1.54) is 5.56 Å². The van der Waals surface area contributed by atoms with Gasteiger partial charge in [0, 0.05) is 30.6 Å². The molecule has 1 atom stereocenters. The van der Waals surface area contributed by atoms with E-state index in [4.69, 9.17) is 9.47 Å². The Morgan fingerprint density at radius 3 is 2.30 bits per heavy atom. The van der Waals surface area contributed by atoms with Crippen molar-refractivity contribution in [1.82, 2.24) is 4.90 Å². The Morgan fingerprint density at radius 2 is 1.70 bits per heavy atom. The summed E-state index contributed by atoms with van der Waals surface area (Å²) in [4.78, 5) is 14.7. The molecule has 0 bridgehead atoms. The summed E-state index contributed by atoms with van der Waals surface area (Å²) in [6, 6.07) is 15.7. The van der Waals surface area contributed by atoms with Crippen LogP contribution < -0.4 is 9.47 Å². The number of nitrogens with zero attached hydrogens (tertiary/aromatic N) is 1. The van der Waals surface area contributed by atoms with E-state index in [-0.39, 0.29) is 5.91 Å². The quantitative estimate of drug-likeness (QED) is 0.869. The van der Waals surface area contributed by atoms with Crippen LogP contribution in [-0.2, 0) is 0 Å². The third kappa shape index (κ3) is 3.31. The maximum atomic E-state index is 12.8. The Balaban J connectivity index is 1.77. The smallest absolute Gasteiger partial charge is 0.254 e. The first kappa shape index (κ1) is 15.4. The zero-order valence-electron chi connectivity index (χ0n) is 13.5. The second-order valence-electron chi connectivity index (χ2n) is 5.75. The van der Waals surface area contributed by atoms with E-state index in [9.17, 15) is 4.79 Å². The molecule has 1 saturated heterocycles. The maximum absolute atomic E-state index is 12.8. The third-order valence-corrected chi connectivity index (χ3v) is 4.34. The van der Waals surface area contributed by atoms with Crippen LogP contribution >= 0.6 is 0 Å². The topological polar surface area (TPSA) is 38.8 Å². The van der Waals surface area contributed by atoms with Crippen molar-refractivity contribution < 1.29 is 14.3 Å². The summed E-state index contributed by atoms with van der Waals surface area (Å²) < 4.78 is 10.5. The molecule has 0 aromatic heterocycles. The molecule has 1 aliphatic heterocycles. The predicted molar refractivity (Wildman–Crippen MR) is 89.2 cm³/mol. The summed E-state index contributed by atoms with van der Waals surface area (Å²) in [5.74, 6) is 1.70. The number of amides is 1. The molecule has 1 aliphatic rings. The summed E-state index contributed by atoms with van der Waals surface area (Å²) in [6.07, 6.45) is 0.997. The molecule has 120 valence electrons. The molecule has 23 heavy (non-hydrogen) atoms. The van der Waals surface area contributed by atoms with Crippen LogP contribution in [0.3, 0.4) is 0 Å². The highest BCUT2D eigenvalue weighted by Gasteiger charge is 2.28. The first-order chi connectivity index (χ1) is 11.2. The molecule has 1 unspecified atom stereocenters. The van der Waals surface area contributed by atoms with Crippen molar-refractivity contribution in [2.24, 2.45) is 0 Å². The van der Waals surface area contributed by atoms with Crippen LogP contribution in [0.4, 0.5) is 0 Å². The minimum atomic E-state index is 0.0284. The highest BCUT2D eigenvalue weighted by atomic mass is 16.5. The van der Waals surface area contributed by atoms with Crippen molar-refractivity contribution >= 4 is 5.91 Å². The first-order valence-electron chi connectivity index (χ1n) is 7.78. The van der Waals surface area contributed by atoms with E-state index < -0.39 is 0 Å². The van der Waals surface area contributed by atoms with Crippen molar-refractivity contribution in [3.05, 3.63) is 59.7 Å². The van der Waals surface area contributed by atoms with Crippen molar-refractivity contribution in [3.8, 4) is 11.5 Å². The van der Waals surface area contributed by atoms with Gasteiger partial charge in [-0.1, -0.05) is 30.3 Å². The Kier molecular flexibility index (Phi) is 4.51. The monoisotopic (exact) mass is 311 g/mol. The lowest BCUT2D eigenvalue weighted by atomic mass is 9.99. The molecule has 2 aromatic carbocycles. The molecule has 2 aromatic rings. The van der Waals surface area contributed by atoms with Crippen molar-refractivity contribution in [3.63, 3.8) is 0 Å². The van der Waals surface area contributed by atoms with Gasteiger partial charge in [-0.15, -0.1) is 0 Å². The molecule has 0 spiro atoms. The Labute approximate surface area is 136 Å². The van der Waals surface area contributed by atoms with Gasteiger partial charge < -0.3 is 14.4 Å². The van der Waals surface area contributed by atoms with Gasteiger partial charge in [0.2, 0.25) is 0 Å². The van der Waals surface area contributed by atoms with Crippen LogP contribution in [0, 0.1) is 0 Å². The van der Waals surface area contributed by atoms with E-state index >= 15 is 0 Å². The molecule has 4 heteroatoms. The number of hydrogen-bond donors (Lipinski definition) is 0. The van der Waals surface area contributed by atoms with E-state index in [1.54, 1.807) is 32.4 Å². The van der Waals surface area contributed by atoms with Crippen molar-refractivity contribution in [2.75, 3.05) is 27.3 Å². The molecule has 0 saturated carbocycles. The largest absolute Gasteiger partial charge is 0.497 e. The molecule has 3 rings (SSSR count). The Morgan fingerprint density at radius 1 is 1.04 bits per heavy atom. The molecule has 1 fully saturated rings. The average molecular weight is 311 g/mol. The highest BCUT2D eigenvalue weighted by Crippen LogP contribution is 2.29. The van der Waals surface area contributed by atoms with Crippen LogP contribution in [0.5, 0.6) is 11.5 Å². The van der Waals surface area contributed by atoms with Gasteiger partial charge in [-0.2, -0.15) is 0 Å². The number of methoxy groups -OCH3 is 2. The van der Waals surface area contributed by atoms with Gasteiger partial charge in [0.25, 0.3) is 5.91 Å². The van der Waals surface area contributed by atoms with Crippen molar-refractivity contribution in [1.29, 1.82) is 0 Å². The fourth-order valence-electron chi connectivity index (χ4n) is 3.06. The first-order valence-corrected chi connectivity index (χ1v) is 7.78. The van der Waals surface area contributed by atoms with E-state index in [0.29, 0.717) is 23.0 Å². The molecule has 1 heterocycles. The van der Waals surface area contributed by atoms with Crippen molar-refractivity contribution in [2.45, 2.75) is 12.3 Å². The number of rotatable bonds is 4. The summed E-state index contributed by atoms with van der Waals surface area (Å²) >= 11 is 0. The zero-order valence-corrected chi connectivity index (χ0v) is 13.5. The third-order valence-electron chi connectivity index (χ3n) is 4.34. The molecule has 0 aliphatic carbocycles. The van der Waals surface area contributed by atoms with Crippen LogP contribution in [0.15, 0.2) is 48.5 Å². The molecular formula is C19H21NO3. The van der Waals surface area contributed by atoms with Crippen LogP contribution in [0.1, 0.15) is 28.3 Å². The van der Waals surface area contributed by atoms with Crippen LogP contribution in [0.2, 0.25) is 0 Å². The van der Waals surface area contributed by atoms with Gasteiger partial charge in [0.1, 0.15) is 11.5 Å². The fraction of sp³-hybridized carbons (Fsp3) is 0.316. The SMILES string of the molecule is COc1cc(OC)cc(C(=O)N2CCC(c3ccccc3)C2)c1. The van der Waals surface area contributed by atoms with Gasteiger partial charge in [-0.05, 0) is 24.1 Å². The van der Waals surface area contributed by atoms with Gasteiger partial charge in [-0.3, -0.25) is 4.79 Å². The van der Waals surface area contributed by atoms with Gasteiger partial charge >= 0.3 is 0 Å². The van der Waals surface area contributed by atoms with Gasteiger partial charge in [-0.25, -0.2) is 0 Å². The van der Waals surface area contributed by atoms with Crippen LogP contribution in [-0.4, -0.2) is 38.1 Å². The maximum Gasteiger partial charge on any atom is 0.254 e. The second-order valence-corrected chi connectivity index (χ2v) is 5.75. The number of hydrogen-bond acceptors (Lipinski definition) is 3. The minimum Gasteiger partial charge on any atom is -0.497 e. The molecular weight excluding hydrogens is 290 g/mol. The number of ether oxygens (including phenoxy) is 2. The molecule has 0 N–H and O–H groups in total. The lowest BCUT2D eigenvalue weighted by Gasteiger charge is -2.18. The van der Waals surface area contributed by atoms with E-state index in [0.717, 1.165) is 19.5 Å². The average Bonchev–Trinajstić information content (AvgIpc) is 3.11. The molecule has 4 nitrogen and oxygen atoms in total. The Hall–Kier alpha value is -2.49. The Bertz CT molecular complexity index is 662. The lowest BCUT2D eigenvalue weighted by Crippen LogP contribution is -2.28. The fourth-order valence-corrected chi connectivity index (χ4v) is 3.06. The summed E-state index contributed by atoms with van der Waals surface area (Å²) in [6.45, 7) is 1.53. The normalized spacial score (nSPS) is 17.1. The standard InChI is InChI=1S/C19H21NO3/c1-22-17-10-16(11-18(12-17)23-2)19(21)20-9-8-15(13-20)14-6-4-3-5-7-14/h3-7,10-12,15H,8-9,13H2,1-2H3. The molecule has 0 radical (unpaired) electrons. The second kappa shape index (κ2) is 6.73. The number of benzene rings is 2. The molecule has 1 amide bonds. The predicted octanol–water partition coefficient (Wildman–Crippen LogP) is 3.33. The number of carbonyl (C=O) groups excluding carboxylic acids is 1. The number of carbonyl (C=O) groups is 1. The van der Waals surface area contributed by atoms with Gasteiger partial charge in [0.15, 0.2) is 0 Å². The van der Waals surface area contributed by atoms with Gasteiger partial charge in [0.05, 0.1) is 14.2 Å². The summed E-state index contributed by atoms with van der Waals surface area (Å²) in [5, 5.41) is 0. The highest BCUT2D eigenvalue weighted by molar-refractivity contribution is 5.95. The number of likely N-dealkylation sites (tertiary alicyclic amines) is 1. The summed E-state index contributed by atoms with van der Waals surface area (Å²) in [7, 11) is 3.18. The van der Waals surface area contributed by atoms with E-state index in [2.05, 4.69) is 12.1 Å². The van der Waals surface area contributed by atoms with E-state index in [1.807, 2.05) is 23.1 Å². The lowest BCUT2D eigenvalue weighted by molar-refractivity contribution is 0.0790. The minimum absolute atomic E-state index is 0.0284. The van der Waals surface area contributed by atoms with Crippen LogP contribution in [0.25, 0.3) is 0 Å². The summed E-state index contributed by atoms with van der Waals surface area (Å²) in [5.41, 5.74) is 1.90.